The number of aryl methyl sites for hydroxylation is 2. The Morgan fingerprint density at radius 3 is 2.61 bits per heavy atom. The van der Waals surface area contributed by atoms with Gasteiger partial charge in [0.05, 0.1) is 12.4 Å². The zero-order valence-electron chi connectivity index (χ0n) is 10.1. The van der Waals surface area contributed by atoms with E-state index < -0.39 is 0 Å². The molecular formula is C13H12ClN3O. The number of rotatable bonds is 2. The minimum atomic E-state index is -0.300. The van der Waals surface area contributed by atoms with Crippen LogP contribution in [0.4, 0.5) is 5.69 Å². The summed E-state index contributed by atoms with van der Waals surface area (Å²) in [5.74, 6) is -0.300. The van der Waals surface area contributed by atoms with E-state index in [9.17, 15) is 4.79 Å². The third-order valence-corrected chi connectivity index (χ3v) is 2.68. The predicted octanol–water partition coefficient (Wildman–Crippen LogP) is 3.00. The second-order valence-corrected chi connectivity index (χ2v) is 4.38. The van der Waals surface area contributed by atoms with Gasteiger partial charge in [-0.05, 0) is 25.5 Å². The largest absolute Gasteiger partial charge is 0.320 e. The van der Waals surface area contributed by atoms with Gasteiger partial charge in [0.25, 0.3) is 5.91 Å². The average Bonchev–Trinajstić information content (AvgIpc) is 2.33. The van der Waals surface area contributed by atoms with Crippen LogP contribution in [-0.2, 0) is 0 Å². The minimum Gasteiger partial charge on any atom is -0.320 e. The molecule has 4 nitrogen and oxygen atoms in total. The lowest BCUT2D eigenvalue weighted by Gasteiger charge is -2.08. The van der Waals surface area contributed by atoms with Crippen molar-refractivity contribution in [1.29, 1.82) is 0 Å². The summed E-state index contributed by atoms with van der Waals surface area (Å²) >= 11 is 5.61. The number of hydrogen-bond acceptors (Lipinski definition) is 3. The van der Waals surface area contributed by atoms with E-state index in [0.29, 0.717) is 0 Å². The van der Waals surface area contributed by atoms with Crippen molar-refractivity contribution >= 4 is 23.2 Å². The lowest BCUT2D eigenvalue weighted by Crippen LogP contribution is -2.14. The third-order valence-electron chi connectivity index (χ3n) is 2.48. The summed E-state index contributed by atoms with van der Waals surface area (Å²) in [6.45, 7) is 3.94. The number of benzene rings is 1. The van der Waals surface area contributed by atoms with E-state index in [0.717, 1.165) is 16.8 Å². The summed E-state index contributed by atoms with van der Waals surface area (Å²) in [5, 5.41) is 3.05. The van der Waals surface area contributed by atoms with Gasteiger partial charge in [0.2, 0.25) is 0 Å². The Labute approximate surface area is 110 Å². The summed E-state index contributed by atoms with van der Waals surface area (Å²) < 4.78 is 0. The van der Waals surface area contributed by atoms with Gasteiger partial charge in [-0.2, -0.15) is 0 Å². The molecule has 0 atom stereocenters. The van der Waals surface area contributed by atoms with Crippen molar-refractivity contribution in [3.8, 4) is 0 Å². The number of anilines is 1. The number of nitrogens with one attached hydrogen (secondary N) is 1. The Hall–Kier alpha value is -1.94. The number of carbonyl (C=O) groups is 1. The maximum atomic E-state index is 11.9. The fourth-order valence-corrected chi connectivity index (χ4v) is 1.67. The van der Waals surface area contributed by atoms with Gasteiger partial charge in [-0.3, -0.25) is 4.79 Å². The van der Waals surface area contributed by atoms with Gasteiger partial charge in [-0.25, -0.2) is 9.97 Å². The van der Waals surface area contributed by atoms with Crippen molar-refractivity contribution in [2.45, 2.75) is 13.8 Å². The van der Waals surface area contributed by atoms with Crippen LogP contribution >= 0.6 is 11.6 Å². The Balaban J connectivity index is 2.18. The molecular weight excluding hydrogens is 250 g/mol. The van der Waals surface area contributed by atoms with Crippen molar-refractivity contribution in [3.63, 3.8) is 0 Å². The normalized spacial score (nSPS) is 10.2. The van der Waals surface area contributed by atoms with Gasteiger partial charge in [0, 0.05) is 5.69 Å². The molecule has 2 rings (SSSR count). The summed E-state index contributed by atoms with van der Waals surface area (Å²) in [6, 6.07) is 5.81. The smallest absolute Gasteiger partial charge is 0.275 e. The number of amides is 1. The summed E-state index contributed by atoms with van der Waals surface area (Å²) in [6.07, 6.45) is 2.69. The van der Waals surface area contributed by atoms with Crippen LogP contribution in [0.3, 0.4) is 0 Å². The summed E-state index contributed by atoms with van der Waals surface area (Å²) in [5.41, 5.74) is 3.16. The molecule has 0 unspecified atom stereocenters. The molecule has 0 radical (unpaired) electrons. The molecule has 18 heavy (non-hydrogen) atoms. The quantitative estimate of drug-likeness (QED) is 0.904. The Morgan fingerprint density at radius 1 is 1.22 bits per heavy atom. The van der Waals surface area contributed by atoms with E-state index in [-0.39, 0.29) is 16.8 Å². The molecule has 2 aromatic rings. The first-order valence-corrected chi connectivity index (χ1v) is 5.80. The van der Waals surface area contributed by atoms with Crippen molar-refractivity contribution in [1.82, 2.24) is 9.97 Å². The van der Waals surface area contributed by atoms with Crippen molar-refractivity contribution in [2.24, 2.45) is 0 Å². The fraction of sp³-hybridized carbons (Fsp3) is 0.154. The Kier molecular flexibility index (Phi) is 3.58. The molecule has 1 heterocycles. The van der Waals surface area contributed by atoms with E-state index in [4.69, 9.17) is 11.6 Å². The molecule has 1 aromatic heterocycles. The van der Waals surface area contributed by atoms with Crippen LogP contribution in [0.25, 0.3) is 0 Å². The van der Waals surface area contributed by atoms with E-state index in [1.54, 1.807) is 0 Å². The van der Waals surface area contributed by atoms with Crippen LogP contribution in [-0.4, -0.2) is 15.9 Å². The molecule has 0 aliphatic carbocycles. The number of halogens is 1. The maximum Gasteiger partial charge on any atom is 0.275 e. The lowest BCUT2D eigenvalue weighted by molar-refractivity contribution is 0.102. The topological polar surface area (TPSA) is 54.9 Å². The molecule has 0 saturated heterocycles. The second-order valence-electron chi connectivity index (χ2n) is 4.00. The molecule has 1 aromatic carbocycles. The first-order valence-electron chi connectivity index (χ1n) is 5.42. The molecule has 0 fully saturated rings. The Bertz CT molecular complexity index is 581. The lowest BCUT2D eigenvalue weighted by atomic mass is 10.1. The van der Waals surface area contributed by atoms with Crippen LogP contribution in [0.15, 0.2) is 30.6 Å². The highest BCUT2D eigenvalue weighted by molar-refractivity contribution is 6.29. The molecule has 0 bridgehead atoms. The molecule has 1 N–H and O–H groups in total. The van der Waals surface area contributed by atoms with Crippen LogP contribution in [0.1, 0.15) is 21.6 Å². The van der Waals surface area contributed by atoms with E-state index in [2.05, 4.69) is 15.3 Å². The highest BCUT2D eigenvalue weighted by Gasteiger charge is 2.09. The third kappa shape index (κ3) is 2.84. The Morgan fingerprint density at radius 2 is 2.00 bits per heavy atom. The van der Waals surface area contributed by atoms with E-state index in [1.807, 2.05) is 32.0 Å². The SMILES string of the molecule is Cc1ccc(NC(=O)c2cnc(Cl)cn2)c(C)c1. The zero-order valence-corrected chi connectivity index (χ0v) is 10.8. The van der Waals surface area contributed by atoms with Crippen LogP contribution < -0.4 is 5.32 Å². The van der Waals surface area contributed by atoms with Crippen LogP contribution in [0.2, 0.25) is 5.15 Å². The van der Waals surface area contributed by atoms with E-state index >= 15 is 0 Å². The standard InChI is InChI=1S/C13H12ClN3O/c1-8-3-4-10(9(2)5-8)17-13(18)11-6-16-12(14)7-15-11/h3-7H,1-2H3,(H,17,18). The van der Waals surface area contributed by atoms with Crippen molar-refractivity contribution in [2.75, 3.05) is 5.32 Å². The van der Waals surface area contributed by atoms with Gasteiger partial charge in [-0.15, -0.1) is 0 Å². The fourth-order valence-electron chi connectivity index (χ4n) is 1.57. The molecule has 0 spiro atoms. The number of hydrogen-bond donors (Lipinski definition) is 1. The van der Waals surface area contributed by atoms with Crippen LogP contribution in [0, 0.1) is 13.8 Å². The van der Waals surface area contributed by atoms with Crippen molar-refractivity contribution in [3.05, 3.63) is 52.6 Å². The molecule has 1 amide bonds. The number of carbonyl (C=O) groups excluding carboxylic acids is 1. The van der Waals surface area contributed by atoms with Gasteiger partial charge in [-0.1, -0.05) is 29.3 Å². The molecule has 0 aliphatic heterocycles. The zero-order chi connectivity index (χ0) is 13.1. The number of nitrogens with zero attached hydrogens (tertiary/aromatic N) is 2. The molecule has 5 heteroatoms. The molecule has 0 saturated carbocycles. The van der Waals surface area contributed by atoms with E-state index in [1.165, 1.54) is 12.4 Å². The molecule has 0 aliphatic rings. The minimum absolute atomic E-state index is 0.236. The van der Waals surface area contributed by atoms with Crippen molar-refractivity contribution < 1.29 is 4.79 Å². The highest BCUT2D eigenvalue weighted by atomic mass is 35.5. The van der Waals surface area contributed by atoms with Gasteiger partial charge in [0.1, 0.15) is 10.8 Å². The first-order chi connectivity index (χ1) is 8.56. The second kappa shape index (κ2) is 5.14. The monoisotopic (exact) mass is 261 g/mol. The first kappa shape index (κ1) is 12.5. The number of aromatic nitrogens is 2. The highest BCUT2D eigenvalue weighted by Crippen LogP contribution is 2.16. The maximum absolute atomic E-state index is 11.9. The van der Waals surface area contributed by atoms with Gasteiger partial charge >= 0.3 is 0 Å². The molecule has 92 valence electrons. The average molecular weight is 262 g/mol. The summed E-state index contributed by atoms with van der Waals surface area (Å²) in [7, 11) is 0. The van der Waals surface area contributed by atoms with Gasteiger partial charge < -0.3 is 5.32 Å². The summed E-state index contributed by atoms with van der Waals surface area (Å²) in [4.78, 5) is 19.6. The van der Waals surface area contributed by atoms with Crippen LogP contribution in [0.5, 0.6) is 0 Å². The van der Waals surface area contributed by atoms with Gasteiger partial charge in [0.15, 0.2) is 0 Å². The predicted molar refractivity (Wildman–Crippen MR) is 70.9 cm³/mol.